The van der Waals surface area contributed by atoms with Crippen LogP contribution in [0.3, 0.4) is 0 Å². The molecule has 25 heavy (non-hydrogen) atoms. The van der Waals surface area contributed by atoms with E-state index < -0.39 is 0 Å². The Labute approximate surface area is 154 Å². The van der Waals surface area contributed by atoms with E-state index in [0.717, 1.165) is 30.0 Å². The van der Waals surface area contributed by atoms with Crippen LogP contribution < -0.4 is 9.64 Å². The molecule has 0 unspecified atom stereocenters. The van der Waals surface area contributed by atoms with E-state index in [1.165, 1.54) is 24.9 Å². The average Bonchev–Trinajstić information content (AvgIpc) is 2.67. The van der Waals surface area contributed by atoms with E-state index in [-0.39, 0.29) is 0 Å². The van der Waals surface area contributed by atoms with Crippen molar-refractivity contribution in [2.45, 2.75) is 19.3 Å². The Bertz CT molecular complexity index is 800. The third-order valence-electron chi connectivity index (χ3n) is 4.51. The maximum absolute atomic E-state index is 9.53. The van der Waals surface area contributed by atoms with Gasteiger partial charge in [0.25, 0.3) is 0 Å². The third kappa shape index (κ3) is 4.15. The van der Waals surface area contributed by atoms with Crippen molar-refractivity contribution in [2.75, 3.05) is 25.1 Å². The summed E-state index contributed by atoms with van der Waals surface area (Å²) in [5, 5.41) is 10.2. The Hall–Kier alpha value is -2.44. The summed E-state index contributed by atoms with van der Waals surface area (Å²) in [6, 6.07) is 15.7. The number of allylic oxidation sites excluding steroid dienone is 1. The van der Waals surface area contributed by atoms with E-state index in [1.807, 2.05) is 24.3 Å². The Balaban J connectivity index is 1.92. The minimum atomic E-state index is 0.584. The zero-order chi connectivity index (χ0) is 17.6. The van der Waals surface area contributed by atoms with Crippen molar-refractivity contribution in [1.29, 1.82) is 5.26 Å². The van der Waals surface area contributed by atoms with Gasteiger partial charge in [0.2, 0.25) is 0 Å². The van der Waals surface area contributed by atoms with Gasteiger partial charge in [-0.1, -0.05) is 23.7 Å². The quantitative estimate of drug-likeness (QED) is 0.545. The molecule has 1 saturated heterocycles. The number of nitriles is 1. The molecule has 2 aromatic rings. The van der Waals surface area contributed by atoms with Crippen LogP contribution in [-0.2, 0) is 0 Å². The summed E-state index contributed by atoms with van der Waals surface area (Å²) < 4.78 is 5.58. The first kappa shape index (κ1) is 17.4. The second-order valence-corrected chi connectivity index (χ2v) is 6.59. The van der Waals surface area contributed by atoms with E-state index in [4.69, 9.17) is 16.3 Å². The van der Waals surface area contributed by atoms with E-state index in [0.29, 0.717) is 10.6 Å². The number of hydrogen-bond donors (Lipinski definition) is 0. The number of nitrogens with zero attached hydrogens (tertiary/aromatic N) is 2. The topological polar surface area (TPSA) is 36.3 Å². The number of rotatable bonds is 4. The fourth-order valence-electron chi connectivity index (χ4n) is 3.13. The second kappa shape index (κ2) is 8.09. The molecule has 0 N–H and O–H groups in total. The number of halogens is 1. The van der Waals surface area contributed by atoms with Gasteiger partial charge in [0.05, 0.1) is 18.8 Å². The van der Waals surface area contributed by atoms with E-state index in [1.54, 1.807) is 19.2 Å². The lowest BCUT2D eigenvalue weighted by atomic mass is 10.0. The SMILES string of the molecule is COc1cc(N2CCCCC2)ccc1/C=C(\C#N)c1ccc(Cl)cc1. The van der Waals surface area contributed by atoms with E-state index >= 15 is 0 Å². The smallest absolute Gasteiger partial charge is 0.128 e. The normalized spacial score (nSPS) is 14.9. The first-order valence-corrected chi connectivity index (χ1v) is 8.90. The summed E-state index contributed by atoms with van der Waals surface area (Å²) in [7, 11) is 1.67. The lowest BCUT2D eigenvalue weighted by molar-refractivity contribution is 0.413. The molecule has 0 spiro atoms. The standard InChI is InChI=1S/C21H21ClN2O/c1-25-21-14-20(24-11-3-2-4-12-24)10-7-17(21)13-18(15-23)16-5-8-19(22)9-6-16/h5-10,13-14H,2-4,11-12H2,1H3/b18-13+. The van der Waals surface area contributed by atoms with Gasteiger partial charge in [-0.05, 0) is 55.2 Å². The molecule has 1 heterocycles. The van der Waals surface area contributed by atoms with E-state index in [9.17, 15) is 5.26 Å². The third-order valence-corrected chi connectivity index (χ3v) is 4.77. The first-order chi connectivity index (χ1) is 12.2. The van der Waals surface area contributed by atoms with Crippen LogP contribution in [0.2, 0.25) is 5.02 Å². The molecular weight excluding hydrogens is 332 g/mol. The highest BCUT2D eigenvalue weighted by atomic mass is 35.5. The molecule has 4 heteroatoms. The van der Waals surface area contributed by atoms with Crippen LogP contribution in [-0.4, -0.2) is 20.2 Å². The van der Waals surface area contributed by atoms with Gasteiger partial charge in [-0.25, -0.2) is 0 Å². The van der Waals surface area contributed by atoms with Gasteiger partial charge in [0.1, 0.15) is 5.75 Å². The highest BCUT2D eigenvalue weighted by Crippen LogP contribution is 2.30. The zero-order valence-corrected chi connectivity index (χ0v) is 15.1. The summed E-state index contributed by atoms with van der Waals surface area (Å²) in [6.07, 6.45) is 5.64. The molecule has 1 fully saturated rings. The Morgan fingerprint density at radius 3 is 2.48 bits per heavy atom. The van der Waals surface area contributed by atoms with Crippen molar-refractivity contribution in [1.82, 2.24) is 0 Å². The number of hydrogen-bond acceptors (Lipinski definition) is 3. The molecule has 3 rings (SSSR count). The molecule has 3 nitrogen and oxygen atoms in total. The molecule has 0 aromatic heterocycles. The first-order valence-electron chi connectivity index (χ1n) is 8.52. The average molecular weight is 353 g/mol. The summed E-state index contributed by atoms with van der Waals surface area (Å²) in [5.41, 5.74) is 3.50. The number of methoxy groups -OCH3 is 1. The van der Waals surface area contributed by atoms with Gasteiger partial charge < -0.3 is 9.64 Å². The lowest BCUT2D eigenvalue weighted by Crippen LogP contribution is -2.29. The maximum Gasteiger partial charge on any atom is 0.128 e. The van der Waals surface area contributed by atoms with Crippen LogP contribution in [0.15, 0.2) is 42.5 Å². The van der Waals surface area contributed by atoms with Crippen molar-refractivity contribution in [3.8, 4) is 11.8 Å². The van der Waals surface area contributed by atoms with Gasteiger partial charge in [-0.3, -0.25) is 0 Å². The summed E-state index contributed by atoms with van der Waals surface area (Å²) >= 11 is 5.93. The monoisotopic (exact) mass is 352 g/mol. The molecule has 128 valence electrons. The molecule has 1 aliphatic rings. The van der Waals surface area contributed by atoms with Crippen LogP contribution in [0.5, 0.6) is 5.75 Å². The Kier molecular flexibility index (Phi) is 5.63. The fraction of sp³-hybridized carbons (Fsp3) is 0.286. The number of benzene rings is 2. The highest BCUT2D eigenvalue weighted by molar-refractivity contribution is 6.30. The molecule has 0 bridgehead atoms. The van der Waals surface area contributed by atoms with E-state index in [2.05, 4.69) is 23.1 Å². The fourth-order valence-corrected chi connectivity index (χ4v) is 3.26. The largest absolute Gasteiger partial charge is 0.496 e. The van der Waals surface area contributed by atoms with Crippen molar-refractivity contribution in [3.05, 3.63) is 58.6 Å². The van der Waals surface area contributed by atoms with Crippen LogP contribution in [0, 0.1) is 11.3 Å². The molecule has 2 aromatic carbocycles. The summed E-state index contributed by atoms with van der Waals surface area (Å²) in [4.78, 5) is 2.39. The number of piperidine rings is 1. The van der Waals surface area contributed by atoms with Crippen molar-refractivity contribution in [2.24, 2.45) is 0 Å². The Morgan fingerprint density at radius 1 is 1.12 bits per heavy atom. The minimum Gasteiger partial charge on any atom is -0.496 e. The van der Waals surface area contributed by atoms with Crippen LogP contribution in [0.25, 0.3) is 11.6 Å². The molecule has 0 aliphatic carbocycles. The number of anilines is 1. The molecule has 0 amide bonds. The zero-order valence-electron chi connectivity index (χ0n) is 14.3. The molecule has 0 radical (unpaired) electrons. The molecule has 0 atom stereocenters. The van der Waals surface area contributed by atoms with Gasteiger partial charge in [0, 0.05) is 35.4 Å². The van der Waals surface area contributed by atoms with Crippen molar-refractivity contribution < 1.29 is 4.74 Å². The van der Waals surface area contributed by atoms with Crippen LogP contribution in [0.4, 0.5) is 5.69 Å². The predicted octanol–water partition coefficient (Wildman–Crippen LogP) is 5.40. The Morgan fingerprint density at radius 2 is 1.84 bits per heavy atom. The van der Waals surface area contributed by atoms with Crippen molar-refractivity contribution in [3.63, 3.8) is 0 Å². The van der Waals surface area contributed by atoms with Gasteiger partial charge in [0.15, 0.2) is 0 Å². The minimum absolute atomic E-state index is 0.584. The van der Waals surface area contributed by atoms with Crippen LogP contribution in [0.1, 0.15) is 30.4 Å². The highest BCUT2D eigenvalue weighted by Gasteiger charge is 2.13. The maximum atomic E-state index is 9.53. The van der Waals surface area contributed by atoms with Crippen LogP contribution >= 0.6 is 11.6 Å². The summed E-state index contributed by atoms with van der Waals surface area (Å²) in [5.74, 6) is 0.782. The number of ether oxygens (including phenoxy) is 1. The van der Waals surface area contributed by atoms with Gasteiger partial charge in [-0.2, -0.15) is 5.26 Å². The molecule has 1 aliphatic heterocycles. The lowest BCUT2D eigenvalue weighted by Gasteiger charge is -2.29. The second-order valence-electron chi connectivity index (χ2n) is 6.15. The van der Waals surface area contributed by atoms with Crippen molar-refractivity contribution >= 4 is 28.9 Å². The molecule has 0 saturated carbocycles. The molecular formula is C21H21ClN2O. The predicted molar refractivity (Wildman–Crippen MR) is 104 cm³/mol. The summed E-state index contributed by atoms with van der Waals surface area (Å²) in [6.45, 7) is 2.18. The van der Waals surface area contributed by atoms with Gasteiger partial charge in [-0.15, -0.1) is 0 Å². The van der Waals surface area contributed by atoms with Gasteiger partial charge >= 0.3 is 0 Å².